The third-order valence-corrected chi connectivity index (χ3v) is 4.97. The van der Waals surface area contributed by atoms with Crippen LogP contribution < -0.4 is 4.57 Å². The van der Waals surface area contributed by atoms with Gasteiger partial charge in [0.15, 0.2) is 12.2 Å². The number of benzene rings is 1. The number of aryl methyl sites for hydroxylation is 1. The molecule has 0 amide bonds. The molecule has 1 aromatic carbocycles. The fraction of sp³-hybridized carbons (Fsp3) is 0.304. The summed E-state index contributed by atoms with van der Waals surface area (Å²) in [5.41, 5.74) is 6.16. The first-order valence-electron chi connectivity index (χ1n) is 8.99. The lowest BCUT2D eigenvalue weighted by Crippen LogP contribution is -2.49. The van der Waals surface area contributed by atoms with E-state index >= 15 is 0 Å². The van der Waals surface area contributed by atoms with E-state index in [9.17, 15) is 0 Å². The molecule has 2 heterocycles. The van der Waals surface area contributed by atoms with E-state index in [0.717, 1.165) is 12.0 Å². The summed E-state index contributed by atoms with van der Waals surface area (Å²) in [5, 5.41) is 0. The normalized spacial score (nSPS) is 20.0. The van der Waals surface area contributed by atoms with Crippen molar-refractivity contribution < 1.29 is 4.57 Å². The summed E-state index contributed by atoms with van der Waals surface area (Å²) in [5.74, 6) is 0.272. The van der Waals surface area contributed by atoms with Gasteiger partial charge in [-0.05, 0) is 49.6 Å². The van der Waals surface area contributed by atoms with Gasteiger partial charge in [0.1, 0.15) is 0 Å². The summed E-state index contributed by atoms with van der Waals surface area (Å²) in [6.45, 7) is 14.5. The average Bonchev–Trinajstić information content (AvgIpc) is 2.61. The molecular weight excluding hydrogens is 304 g/mol. The summed E-state index contributed by atoms with van der Waals surface area (Å²) < 4.78 is 2.37. The van der Waals surface area contributed by atoms with Crippen LogP contribution in [0.1, 0.15) is 43.4 Å². The maximum absolute atomic E-state index is 4.87. The number of fused-ring (bicyclic) bond motifs is 3. The van der Waals surface area contributed by atoms with E-state index in [1.54, 1.807) is 0 Å². The van der Waals surface area contributed by atoms with Gasteiger partial charge in [0.25, 0.3) is 0 Å². The van der Waals surface area contributed by atoms with E-state index < -0.39 is 0 Å². The van der Waals surface area contributed by atoms with Crippen LogP contribution in [-0.2, 0) is 0 Å². The fourth-order valence-corrected chi connectivity index (χ4v) is 3.85. The van der Waals surface area contributed by atoms with Gasteiger partial charge in [-0.2, -0.15) is 4.57 Å². The third kappa shape index (κ3) is 3.21. The van der Waals surface area contributed by atoms with Crippen LogP contribution in [0.5, 0.6) is 0 Å². The monoisotopic (exact) mass is 331 g/mol. The Kier molecular flexibility index (Phi) is 4.98. The van der Waals surface area contributed by atoms with E-state index in [4.69, 9.17) is 4.99 Å². The quantitative estimate of drug-likeness (QED) is 0.407. The van der Waals surface area contributed by atoms with Crippen LogP contribution >= 0.6 is 0 Å². The molecule has 3 rings (SSSR count). The molecule has 0 aliphatic carbocycles. The number of hydrogen-bond donors (Lipinski definition) is 0. The van der Waals surface area contributed by atoms with Gasteiger partial charge in [-0.25, -0.2) is 0 Å². The van der Waals surface area contributed by atoms with Crippen molar-refractivity contribution in [3.8, 4) is 11.3 Å². The van der Waals surface area contributed by atoms with Crippen LogP contribution in [0.4, 0.5) is 0 Å². The van der Waals surface area contributed by atoms with Gasteiger partial charge in [-0.1, -0.05) is 38.3 Å². The van der Waals surface area contributed by atoms with E-state index in [1.165, 1.54) is 22.4 Å². The zero-order valence-electron chi connectivity index (χ0n) is 15.4. The van der Waals surface area contributed by atoms with Crippen LogP contribution in [0.25, 0.3) is 11.3 Å². The Morgan fingerprint density at radius 2 is 2.04 bits per heavy atom. The predicted molar refractivity (Wildman–Crippen MR) is 106 cm³/mol. The van der Waals surface area contributed by atoms with Crippen molar-refractivity contribution in [3.63, 3.8) is 0 Å². The van der Waals surface area contributed by atoms with E-state index in [0.29, 0.717) is 0 Å². The molecule has 0 saturated carbocycles. The molecule has 0 radical (unpaired) electrons. The van der Waals surface area contributed by atoms with Crippen molar-refractivity contribution >= 4 is 6.21 Å². The van der Waals surface area contributed by atoms with Crippen LogP contribution in [-0.4, -0.2) is 12.3 Å². The Labute approximate surface area is 151 Å². The molecule has 1 aromatic heterocycles. The van der Waals surface area contributed by atoms with Crippen molar-refractivity contribution in [2.24, 2.45) is 4.99 Å². The van der Waals surface area contributed by atoms with Crippen molar-refractivity contribution in [2.75, 3.05) is 0 Å². The average molecular weight is 331 g/mol. The topological polar surface area (TPSA) is 16.2 Å². The summed E-state index contributed by atoms with van der Waals surface area (Å²) in [4.78, 5) is 4.87. The fourth-order valence-electron chi connectivity index (χ4n) is 3.85. The number of aliphatic imine (C=N–C) groups is 1. The third-order valence-electron chi connectivity index (χ3n) is 4.97. The zero-order chi connectivity index (χ0) is 18.0. The molecule has 3 unspecified atom stereocenters. The number of rotatable bonds is 5. The van der Waals surface area contributed by atoms with Gasteiger partial charge in [-0.15, -0.1) is 0 Å². The summed E-state index contributed by atoms with van der Waals surface area (Å²) in [6.07, 6.45) is 7.20. The predicted octanol–water partition coefficient (Wildman–Crippen LogP) is 5.20. The van der Waals surface area contributed by atoms with E-state index in [-0.39, 0.29) is 18.0 Å². The van der Waals surface area contributed by atoms with Gasteiger partial charge in [0.05, 0.1) is 12.0 Å². The smallest absolute Gasteiger partial charge is 0.213 e. The number of hydrogen-bond acceptors (Lipinski definition) is 1. The Hall–Kier alpha value is -2.48. The van der Waals surface area contributed by atoms with Crippen LogP contribution in [0.3, 0.4) is 0 Å². The Balaban J connectivity index is 2.21. The second-order valence-electron chi connectivity index (χ2n) is 6.94. The number of nitrogens with zero attached hydrogens (tertiary/aromatic N) is 2. The molecule has 0 N–H and O–H groups in total. The SMILES string of the molecule is C=CC1C(C(CC)N=CC(=C)C)c2ccccc2-c2ccc(C)c[n+]21. The van der Waals surface area contributed by atoms with Gasteiger partial charge in [0, 0.05) is 23.4 Å². The number of pyridine rings is 1. The van der Waals surface area contributed by atoms with E-state index in [2.05, 4.69) is 80.2 Å². The molecule has 1 aliphatic heterocycles. The number of allylic oxidation sites excluding steroid dienone is 2. The molecule has 0 saturated heterocycles. The highest BCUT2D eigenvalue weighted by atomic mass is 15.0. The zero-order valence-corrected chi connectivity index (χ0v) is 15.4. The molecule has 2 nitrogen and oxygen atoms in total. The first-order chi connectivity index (χ1) is 12.1. The van der Waals surface area contributed by atoms with Gasteiger partial charge < -0.3 is 0 Å². The van der Waals surface area contributed by atoms with Crippen LogP contribution in [0.2, 0.25) is 0 Å². The van der Waals surface area contributed by atoms with E-state index in [1.807, 2.05) is 13.1 Å². The first-order valence-corrected chi connectivity index (χ1v) is 8.99. The molecule has 25 heavy (non-hydrogen) atoms. The summed E-state index contributed by atoms with van der Waals surface area (Å²) in [6, 6.07) is 13.5. The van der Waals surface area contributed by atoms with Crippen molar-refractivity contribution in [1.82, 2.24) is 0 Å². The lowest BCUT2D eigenvalue weighted by molar-refractivity contribution is -0.707. The van der Waals surface area contributed by atoms with Crippen molar-refractivity contribution in [3.05, 3.63) is 78.5 Å². The molecule has 0 bridgehead atoms. The molecule has 2 aromatic rings. The second-order valence-corrected chi connectivity index (χ2v) is 6.94. The molecule has 0 spiro atoms. The Morgan fingerprint density at radius 1 is 1.28 bits per heavy atom. The standard InChI is InChI=1S/C23H27N2/c1-6-20(24-14-16(3)4)23-19-11-9-8-10-18(19)22-13-12-17(5)15-25(22)21(23)7-2/h7-15,20-21,23H,2-3,6H2,1,4-5H3/q+1. The minimum atomic E-state index is 0.192. The molecule has 0 fully saturated rings. The van der Waals surface area contributed by atoms with Gasteiger partial charge in [0.2, 0.25) is 5.69 Å². The Bertz CT molecular complexity index is 832. The highest BCUT2D eigenvalue weighted by molar-refractivity contribution is 5.77. The lowest BCUT2D eigenvalue weighted by Gasteiger charge is -2.32. The summed E-state index contributed by atoms with van der Waals surface area (Å²) >= 11 is 0. The van der Waals surface area contributed by atoms with Crippen LogP contribution in [0.15, 0.2) is 72.4 Å². The Morgan fingerprint density at radius 3 is 2.72 bits per heavy atom. The van der Waals surface area contributed by atoms with Crippen LogP contribution in [0, 0.1) is 6.92 Å². The lowest BCUT2D eigenvalue weighted by atomic mass is 9.78. The van der Waals surface area contributed by atoms with Crippen molar-refractivity contribution in [1.29, 1.82) is 0 Å². The maximum atomic E-state index is 4.87. The highest BCUT2D eigenvalue weighted by Crippen LogP contribution is 2.42. The highest BCUT2D eigenvalue weighted by Gasteiger charge is 2.41. The molecule has 2 heteroatoms. The molecule has 3 atom stereocenters. The molecule has 1 aliphatic rings. The number of aromatic nitrogens is 1. The first kappa shape index (κ1) is 17.3. The minimum Gasteiger partial charge on any atom is -0.289 e. The molecular formula is C23H27N2+. The maximum Gasteiger partial charge on any atom is 0.213 e. The largest absolute Gasteiger partial charge is 0.289 e. The summed E-state index contributed by atoms with van der Waals surface area (Å²) in [7, 11) is 0. The molecule has 128 valence electrons. The van der Waals surface area contributed by atoms with Crippen molar-refractivity contribution in [2.45, 2.75) is 45.2 Å². The second kappa shape index (κ2) is 7.18. The minimum absolute atomic E-state index is 0.192. The van der Waals surface area contributed by atoms with Gasteiger partial charge in [-0.3, -0.25) is 4.99 Å². The van der Waals surface area contributed by atoms with Gasteiger partial charge >= 0.3 is 0 Å².